The number of aromatic nitrogens is 1. The molecular weight excluding hydrogens is 587 g/mol. The summed E-state index contributed by atoms with van der Waals surface area (Å²) in [6, 6.07) is 20.4. The molecule has 12 heteroatoms. The van der Waals surface area contributed by atoms with Crippen LogP contribution in [0.15, 0.2) is 88.7 Å². The fraction of sp³-hybridized carbons (Fsp3) is 0.200. The number of carbonyl (C=O) groups excluding carboxylic acids is 3. The highest BCUT2D eigenvalue weighted by Crippen LogP contribution is 2.53. The third kappa shape index (κ3) is 4.94. The van der Waals surface area contributed by atoms with Crippen molar-refractivity contribution >= 4 is 52.2 Å². The van der Waals surface area contributed by atoms with Crippen LogP contribution in [0.1, 0.15) is 27.5 Å². The molecule has 3 heterocycles. The van der Waals surface area contributed by atoms with Crippen LogP contribution in [0, 0.1) is 12.8 Å². The molecule has 0 saturated carbocycles. The highest BCUT2D eigenvalue weighted by Gasteiger charge is 2.56. The van der Waals surface area contributed by atoms with Crippen LogP contribution in [0.5, 0.6) is 0 Å². The molecule has 1 aromatic heterocycles. The van der Waals surface area contributed by atoms with Crippen LogP contribution >= 0.6 is 23.1 Å². The van der Waals surface area contributed by atoms with E-state index in [-0.39, 0.29) is 11.6 Å². The van der Waals surface area contributed by atoms with Crippen molar-refractivity contribution in [3.63, 3.8) is 0 Å². The lowest BCUT2D eigenvalue weighted by molar-refractivity contribution is -0.137. The number of nitrogens with zero attached hydrogens (tertiary/aromatic N) is 2. The molecule has 3 amide bonds. The summed E-state index contributed by atoms with van der Waals surface area (Å²) in [4.78, 5) is 55.1. The Kier molecular flexibility index (Phi) is 7.06. The molecule has 4 aromatic rings. The Morgan fingerprint density at radius 3 is 2.33 bits per heavy atom. The fourth-order valence-corrected chi connectivity index (χ4v) is 8.11. The third-order valence-corrected chi connectivity index (χ3v) is 9.88. The van der Waals surface area contributed by atoms with Crippen molar-refractivity contribution in [1.29, 1.82) is 0 Å². The molecule has 7 nitrogen and oxygen atoms in total. The Morgan fingerprint density at radius 1 is 0.929 bits per heavy atom. The van der Waals surface area contributed by atoms with Crippen LogP contribution in [0.2, 0.25) is 0 Å². The first-order chi connectivity index (χ1) is 20.0. The molecule has 2 aliphatic rings. The van der Waals surface area contributed by atoms with Crippen LogP contribution in [-0.4, -0.2) is 27.5 Å². The maximum Gasteiger partial charge on any atom is 0.416 e. The molecule has 0 radical (unpaired) electrons. The van der Waals surface area contributed by atoms with Gasteiger partial charge in [-0.05, 0) is 42.8 Å². The van der Waals surface area contributed by atoms with E-state index in [0.29, 0.717) is 15.6 Å². The third-order valence-electron chi connectivity index (χ3n) is 7.28. The number of hydrogen-bond donors (Lipinski definition) is 1. The van der Waals surface area contributed by atoms with E-state index in [9.17, 15) is 32.3 Å². The van der Waals surface area contributed by atoms with Gasteiger partial charge < -0.3 is 5.32 Å². The number of thiazole rings is 1. The van der Waals surface area contributed by atoms with Crippen LogP contribution in [0.25, 0.3) is 0 Å². The van der Waals surface area contributed by atoms with Crippen LogP contribution < -0.4 is 15.1 Å². The van der Waals surface area contributed by atoms with Crippen molar-refractivity contribution in [2.75, 3.05) is 10.2 Å². The van der Waals surface area contributed by atoms with Gasteiger partial charge in [-0.25, -0.2) is 4.90 Å². The maximum atomic E-state index is 13.9. The lowest BCUT2D eigenvalue weighted by Crippen LogP contribution is -2.33. The van der Waals surface area contributed by atoms with E-state index in [0.717, 1.165) is 46.4 Å². The van der Waals surface area contributed by atoms with E-state index in [4.69, 9.17) is 0 Å². The van der Waals surface area contributed by atoms with Crippen molar-refractivity contribution in [3.05, 3.63) is 110 Å². The fourth-order valence-electron chi connectivity index (χ4n) is 5.34. The Labute approximate surface area is 246 Å². The van der Waals surface area contributed by atoms with Crippen LogP contribution in [0.3, 0.4) is 0 Å². The van der Waals surface area contributed by atoms with Gasteiger partial charge in [-0.3, -0.25) is 23.7 Å². The van der Waals surface area contributed by atoms with E-state index < -0.39 is 52.1 Å². The number of thioether (sulfide) groups is 1. The second-order valence-corrected chi connectivity index (χ2v) is 12.2. The average Bonchev–Trinajstić information content (AvgIpc) is 3.40. The summed E-state index contributed by atoms with van der Waals surface area (Å²) in [6.45, 7) is 1.43. The van der Waals surface area contributed by atoms with E-state index >= 15 is 0 Å². The zero-order valence-corrected chi connectivity index (χ0v) is 23.6. The molecule has 42 heavy (non-hydrogen) atoms. The number of amides is 3. The topological polar surface area (TPSA) is 88.5 Å². The lowest BCUT2D eigenvalue weighted by atomic mass is 9.83. The molecule has 1 fully saturated rings. The summed E-state index contributed by atoms with van der Waals surface area (Å²) in [5.41, 5.74) is 1.20. The van der Waals surface area contributed by atoms with Crippen molar-refractivity contribution in [2.45, 2.75) is 35.8 Å². The molecule has 0 aliphatic carbocycles. The smallest absolute Gasteiger partial charge is 0.325 e. The lowest BCUT2D eigenvalue weighted by Gasteiger charge is -2.30. The summed E-state index contributed by atoms with van der Waals surface area (Å²) in [6.07, 6.45) is -4.58. The van der Waals surface area contributed by atoms with Gasteiger partial charge in [-0.15, -0.1) is 0 Å². The molecule has 3 aromatic carbocycles. The Bertz CT molecular complexity index is 1770. The van der Waals surface area contributed by atoms with E-state index in [1.54, 1.807) is 12.1 Å². The number of nitrogens with one attached hydrogen (secondary N) is 1. The molecular formula is C30H22F3N3O4S2. The van der Waals surface area contributed by atoms with Crippen molar-refractivity contribution in [2.24, 2.45) is 5.92 Å². The molecule has 2 aliphatic heterocycles. The summed E-state index contributed by atoms with van der Waals surface area (Å²) < 4.78 is 40.6. The zero-order valence-electron chi connectivity index (χ0n) is 21.9. The number of anilines is 2. The molecule has 214 valence electrons. The molecule has 6 rings (SSSR count). The standard InChI is InChI=1S/C30H22F3N3O4S2/c1-16-10-12-20(13-11-16)36-26(38)23-22(17-6-3-2-4-7-17)25-28(41-24(23)27(36)39)35(29(40)42-25)15-21(37)34-19-9-5-8-18(14-19)30(31,32)33/h2-14,22-24H,15H2,1H3,(H,34,37). The second kappa shape index (κ2) is 10.6. The molecule has 0 spiro atoms. The number of benzene rings is 3. The Balaban J connectivity index is 1.36. The Hall–Kier alpha value is -4.16. The normalized spacial score (nSPS) is 19.9. The van der Waals surface area contributed by atoms with Gasteiger partial charge in [0.15, 0.2) is 0 Å². The number of halogens is 3. The van der Waals surface area contributed by atoms with Crippen molar-refractivity contribution in [3.8, 4) is 0 Å². The number of fused-ring (bicyclic) bond motifs is 2. The van der Waals surface area contributed by atoms with Crippen LogP contribution in [0.4, 0.5) is 24.5 Å². The minimum absolute atomic E-state index is 0.0628. The number of hydrogen-bond acceptors (Lipinski definition) is 6. The van der Waals surface area contributed by atoms with Gasteiger partial charge in [0.05, 0.1) is 22.2 Å². The van der Waals surface area contributed by atoms with Crippen molar-refractivity contribution in [1.82, 2.24) is 4.57 Å². The van der Waals surface area contributed by atoms with Gasteiger partial charge in [-0.1, -0.05) is 77.2 Å². The van der Waals surface area contributed by atoms with Gasteiger partial charge in [0.2, 0.25) is 17.7 Å². The maximum absolute atomic E-state index is 13.9. The highest BCUT2D eigenvalue weighted by atomic mass is 32.2. The minimum Gasteiger partial charge on any atom is -0.325 e. The predicted octanol–water partition coefficient (Wildman–Crippen LogP) is 5.67. The first-order valence-corrected chi connectivity index (χ1v) is 14.6. The molecule has 1 N–H and O–H groups in total. The largest absolute Gasteiger partial charge is 0.416 e. The average molecular weight is 610 g/mol. The second-order valence-electron chi connectivity index (χ2n) is 10.1. The molecule has 1 saturated heterocycles. The number of rotatable bonds is 5. The molecule has 3 atom stereocenters. The van der Waals surface area contributed by atoms with Gasteiger partial charge in [-0.2, -0.15) is 13.2 Å². The van der Waals surface area contributed by atoms with E-state index in [2.05, 4.69) is 5.32 Å². The molecule has 0 bridgehead atoms. The Morgan fingerprint density at radius 2 is 1.64 bits per heavy atom. The van der Waals surface area contributed by atoms with E-state index in [1.165, 1.54) is 21.6 Å². The summed E-state index contributed by atoms with van der Waals surface area (Å²) in [5, 5.41) is 1.98. The summed E-state index contributed by atoms with van der Waals surface area (Å²) in [7, 11) is 0. The van der Waals surface area contributed by atoms with Crippen LogP contribution in [-0.2, 0) is 27.1 Å². The SMILES string of the molecule is Cc1ccc(N2C(=O)C3Sc4c(sc(=O)n4CC(=O)Nc4cccc(C(F)(F)F)c4)C(c4ccccc4)C3C2=O)cc1. The van der Waals surface area contributed by atoms with Gasteiger partial charge in [0, 0.05) is 16.5 Å². The van der Waals surface area contributed by atoms with Gasteiger partial charge in [0.25, 0.3) is 0 Å². The van der Waals surface area contributed by atoms with Gasteiger partial charge >= 0.3 is 11.0 Å². The predicted molar refractivity (Wildman–Crippen MR) is 154 cm³/mol. The van der Waals surface area contributed by atoms with E-state index in [1.807, 2.05) is 49.4 Å². The number of imide groups is 1. The zero-order chi connectivity index (χ0) is 29.8. The monoisotopic (exact) mass is 609 g/mol. The first kappa shape index (κ1) is 28.0. The number of alkyl halides is 3. The van der Waals surface area contributed by atoms with Gasteiger partial charge in [0.1, 0.15) is 11.8 Å². The number of aryl methyl sites for hydroxylation is 1. The molecule has 3 unspecified atom stereocenters. The first-order valence-electron chi connectivity index (χ1n) is 12.9. The quantitative estimate of drug-likeness (QED) is 0.295. The minimum atomic E-state index is -4.58. The summed E-state index contributed by atoms with van der Waals surface area (Å²) >= 11 is 1.97. The van der Waals surface area contributed by atoms with Crippen molar-refractivity contribution < 1.29 is 27.6 Å². The highest BCUT2D eigenvalue weighted by molar-refractivity contribution is 8.00. The number of carbonyl (C=O) groups is 3. The summed E-state index contributed by atoms with van der Waals surface area (Å²) in [5.74, 6) is -2.86.